The third-order valence-corrected chi connectivity index (χ3v) is 2.82. The van der Waals surface area contributed by atoms with Crippen molar-refractivity contribution < 1.29 is 14.7 Å². The van der Waals surface area contributed by atoms with Crippen LogP contribution in [0.4, 0.5) is 10.5 Å². The molecule has 1 aromatic rings. The van der Waals surface area contributed by atoms with E-state index in [1.807, 2.05) is 13.8 Å². The van der Waals surface area contributed by atoms with Crippen molar-refractivity contribution in [1.82, 2.24) is 4.90 Å². The standard InChI is InChI=1S/C14H17ClN2O3/c1-4-17(8-9(2)3)14(20)16-12-7-10(15)5-6-11(12)13(18)19/h5-7H,2,4,8H2,1,3H3,(H,16,20)(H,18,19). The topological polar surface area (TPSA) is 69.6 Å². The third-order valence-electron chi connectivity index (χ3n) is 2.58. The van der Waals surface area contributed by atoms with Crippen molar-refractivity contribution in [2.24, 2.45) is 0 Å². The fourth-order valence-corrected chi connectivity index (χ4v) is 1.83. The first kappa shape index (κ1) is 16.0. The molecule has 0 unspecified atom stereocenters. The highest BCUT2D eigenvalue weighted by atomic mass is 35.5. The zero-order chi connectivity index (χ0) is 15.3. The molecule has 2 N–H and O–H groups in total. The second-order valence-corrected chi connectivity index (χ2v) is 4.83. The molecule has 0 aromatic heterocycles. The number of halogens is 1. The number of hydrogen-bond donors (Lipinski definition) is 2. The van der Waals surface area contributed by atoms with Gasteiger partial charge in [0, 0.05) is 18.1 Å². The average Bonchev–Trinajstić information content (AvgIpc) is 2.35. The van der Waals surface area contributed by atoms with Gasteiger partial charge in [0.1, 0.15) is 0 Å². The zero-order valence-electron chi connectivity index (χ0n) is 11.4. The summed E-state index contributed by atoms with van der Waals surface area (Å²) in [5, 5.41) is 12.0. The van der Waals surface area contributed by atoms with Gasteiger partial charge in [-0.05, 0) is 32.0 Å². The van der Waals surface area contributed by atoms with Gasteiger partial charge < -0.3 is 15.3 Å². The molecule has 2 amide bonds. The molecule has 0 spiro atoms. The summed E-state index contributed by atoms with van der Waals surface area (Å²) in [6, 6.07) is 3.85. The largest absolute Gasteiger partial charge is 0.478 e. The highest BCUT2D eigenvalue weighted by molar-refractivity contribution is 6.31. The molecule has 0 saturated heterocycles. The number of carboxylic acid groups (broad SMARTS) is 1. The zero-order valence-corrected chi connectivity index (χ0v) is 12.2. The van der Waals surface area contributed by atoms with Crippen LogP contribution in [0.1, 0.15) is 24.2 Å². The maximum atomic E-state index is 12.1. The van der Waals surface area contributed by atoms with E-state index in [1.54, 1.807) is 0 Å². The molecule has 0 aliphatic rings. The molecule has 0 fully saturated rings. The first-order chi connectivity index (χ1) is 9.35. The van der Waals surface area contributed by atoms with Crippen LogP contribution < -0.4 is 5.32 Å². The van der Waals surface area contributed by atoms with Crippen LogP contribution in [-0.4, -0.2) is 35.1 Å². The average molecular weight is 297 g/mol. The molecule has 0 bridgehead atoms. The number of anilines is 1. The summed E-state index contributed by atoms with van der Waals surface area (Å²) in [5.41, 5.74) is 1.01. The number of aromatic carboxylic acids is 1. The quantitative estimate of drug-likeness (QED) is 0.817. The lowest BCUT2D eigenvalue weighted by Crippen LogP contribution is -2.36. The van der Waals surface area contributed by atoms with E-state index in [4.69, 9.17) is 16.7 Å². The van der Waals surface area contributed by atoms with E-state index in [-0.39, 0.29) is 17.3 Å². The van der Waals surface area contributed by atoms with E-state index >= 15 is 0 Å². The molecular formula is C14H17ClN2O3. The Kier molecular flexibility index (Phi) is 5.58. The van der Waals surface area contributed by atoms with Gasteiger partial charge in [-0.15, -0.1) is 0 Å². The molecule has 0 atom stereocenters. The maximum absolute atomic E-state index is 12.1. The van der Waals surface area contributed by atoms with Gasteiger partial charge in [0.15, 0.2) is 0 Å². The van der Waals surface area contributed by atoms with Gasteiger partial charge >= 0.3 is 12.0 Å². The number of carboxylic acids is 1. The predicted molar refractivity (Wildman–Crippen MR) is 79.5 cm³/mol. The molecule has 0 aliphatic carbocycles. The molecular weight excluding hydrogens is 280 g/mol. The molecule has 6 heteroatoms. The Morgan fingerprint density at radius 3 is 2.60 bits per heavy atom. The Hall–Kier alpha value is -2.01. The van der Waals surface area contributed by atoms with Crippen molar-refractivity contribution >= 4 is 29.3 Å². The molecule has 1 rings (SSSR count). The van der Waals surface area contributed by atoms with Crippen LogP contribution >= 0.6 is 11.6 Å². The second kappa shape index (κ2) is 6.96. The van der Waals surface area contributed by atoms with Crippen molar-refractivity contribution in [3.63, 3.8) is 0 Å². The summed E-state index contributed by atoms with van der Waals surface area (Å²) in [6.07, 6.45) is 0. The van der Waals surface area contributed by atoms with Gasteiger partial charge in [0.05, 0.1) is 11.3 Å². The van der Waals surface area contributed by atoms with E-state index in [0.29, 0.717) is 18.1 Å². The molecule has 20 heavy (non-hydrogen) atoms. The van der Waals surface area contributed by atoms with Crippen molar-refractivity contribution in [3.05, 3.63) is 40.9 Å². The van der Waals surface area contributed by atoms with E-state index in [0.717, 1.165) is 5.57 Å². The molecule has 0 saturated carbocycles. The van der Waals surface area contributed by atoms with Crippen LogP contribution in [0.2, 0.25) is 5.02 Å². The number of nitrogens with one attached hydrogen (secondary N) is 1. The summed E-state index contributed by atoms with van der Waals surface area (Å²) in [5.74, 6) is -1.13. The number of hydrogen-bond acceptors (Lipinski definition) is 2. The number of benzene rings is 1. The molecule has 108 valence electrons. The number of rotatable bonds is 5. The monoisotopic (exact) mass is 296 g/mol. The van der Waals surface area contributed by atoms with Gasteiger partial charge in [0.2, 0.25) is 0 Å². The van der Waals surface area contributed by atoms with Crippen LogP contribution in [0.5, 0.6) is 0 Å². The lowest BCUT2D eigenvalue weighted by atomic mass is 10.2. The third kappa shape index (κ3) is 4.28. The number of likely N-dealkylation sites (N-methyl/N-ethyl adjacent to an activating group) is 1. The van der Waals surface area contributed by atoms with Crippen molar-refractivity contribution in [2.75, 3.05) is 18.4 Å². The molecule has 1 aromatic carbocycles. The minimum atomic E-state index is -1.13. The minimum Gasteiger partial charge on any atom is -0.478 e. The Labute approximate surface area is 122 Å². The van der Waals surface area contributed by atoms with Gasteiger partial charge in [0.25, 0.3) is 0 Å². The van der Waals surface area contributed by atoms with Gasteiger partial charge in [-0.2, -0.15) is 0 Å². The van der Waals surface area contributed by atoms with Crippen molar-refractivity contribution in [1.29, 1.82) is 0 Å². The summed E-state index contributed by atoms with van der Waals surface area (Å²) in [4.78, 5) is 24.7. The van der Waals surface area contributed by atoms with Crippen LogP contribution in [0.15, 0.2) is 30.4 Å². The van der Waals surface area contributed by atoms with Crippen LogP contribution in [0.3, 0.4) is 0 Å². The van der Waals surface area contributed by atoms with Crippen LogP contribution in [0, 0.1) is 0 Å². The maximum Gasteiger partial charge on any atom is 0.337 e. The number of urea groups is 1. The number of carbonyl (C=O) groups excluding carboxylic acids is 1. The van der Waals surface area contributed by atoms with E-state index in [1.165, 1.54) is 23.1 Å². The molecule has 0 radical (unpaired) electrons. The Morgan fingerprint density at radius 1 is 1.45 bits per heavy atom. The Morgan fingerprint density at radius 2 is 2.10 bits per heavy atom. The SMILES string of the molecule is C=C(C)CN(CC)C(=O)Nc1cc(Cl)ccc1C(=O)O. The molecule has 5 nitrogen and oxygen atoms in total. The minimum absolute atomic E-state index is 0.00544. The van der Waals surface area contributed by atoms with Gasteiger partial charge in [-0.3, -0.25) is 0 Å². The number of carbonyl (C=O) groups is 2. The normalized spacial score (nSPS) is 9.95. The highest BCUT2D eigenvalue weighted by Gasteiger charge is 2.16. The van der Waals surface area contributed by atoms with Gasteiger partial charge in [-0.25, -0.2) is 9.59 Å². The summed E-state index contributed by atoms with van der Waals surface area (Å²) >= 11 is 5.83. The first-order valence-electron chi connectivity index (χ1n) is 6.08. The van der Waals surface area contributed by atoms with Crippen LogP contribution in [-0.2, 0) is 0 Å². The molecule has 0 aliphatic heterocycles. The summed E-state index contributed by atoms with van der Waals surface area (Å²) < 4.78 is 0. The molecule has 0 heterocycles. The van der Waals surface area contributed by atoms with E-state index in [9.17, 15) is 9.59 Å². The lowest BCUT2D eigenvalue weighted by Gasteiger charge is -2.22. The fourth-order valence-electron chi connectivity index (χ4n) is 1.65. The second-order valence-electron chi connectivity index (χ2n) is 4.40. The van der Waals surface area contributed by atoms with Crippen molar-refractivity contribution in [2.45, 2.75) is 13.8 Å². The Bertz CT molecular complexity index is 543. The summed E-state index contributed by atoms with van der Waals surface area (Å²) in [7, 11) is 0. The van der Waals surface area contributed by atoms with Gasteiger partial charge in [-0.1, -0.05) is 23.8 Å². The van der Waals surface area contributed by atoms with E-state index < -0.39 is 5.97 Å². The summed E-state index contributed by atoms with van der Waals surface area (Å²) in [6.45, 7) is 8.30. The van der Waals surface area contributed by atoms with Crippen LogP contribution in [0.25, 0.3) is 0 Å². The fraction of sp³-hybridized carbons (Fsp3) is 0.286. The Balaban J connectivity index is 2.96. The highest BCUT2D eigenvalue weighted by Crippen LogP contribution is 2.21. The van der Waals surface area contributed by atoms with E-state index in [2.05, 4.69) is 11.9 Å². The number of nitrogens with zero attached hydrogens (tertiary/aromatic N) is 1. The van der Waals surface area contributed by atoms with Crippen molar-refractivity contribution in [3.8, 4) is 0 Å². The lowest BCUT2D eigenvalue weighted by molar-refractivity contribution is 0.0698. The smallest absolute Gasteiger partial charge is 0.337 e. The first-order valence-corrected chi connectivity index (χ1v) is 6.46. The predicted octanol–water partition coefficient (Wildman–Crippen LogP) is 3.47. The number of amides is 2.